The van der Waals surface area contributed by atoms with Gasteiger partial charge in [0.1, 0.15) is 5.82 Å². The molecule has 0 saturated heterocycles. The van der Waals surface area contributed by atoms with Crippen molar-refractivity contribution >= 4 is 43.4 Å². The molecule has 1 aliphatic rings. The predicted octanol–water partition coefficient (Wildman–Crippen LogP) is 9.35. The van der Waals surface area contributed by atoms with E-state index in [9.17, 15) is 5.11 Å². The van der Waals surface area contributed by atoms with Crippen LogP contribution in [0.1, 0.15) is 11.8 Å². The van der Waals surface area contributed by atoms with Crippen LogP contribution < -0.4 is 0 Å². The van der Waals surface area contributed by atoms with Crippen molar-refractivity contribution in [2.75, 3.05) is 0 Å². The average Bonchev–Trinajstić information content (AvgIpc) is 3.42. The van der Waals surface area contributed by atoms with Crippen molar-refractivity contribution < 1.29 is 5.11 Å². The third-order valence-corrected chi connectivity index (χ3v) is 8.67. The second-order valence-corrected chi connectivity index (χ2v) is 10.9. The number of imidazole rings is 1. The van der Waals surface area contributed by atoms with Gasteiger partial charge in [0.15, 0.2) is 6.23 Å². The van der Waals surface area contributed by atoms with E-state index in [1.54, 1.807) is 0 Å². The summed E-state index contributed by atoms with van der Waals surface area (Å²) >= 11 is 0. The first kappa shape index (κ1) is 22.6. The van der Waals surface area contributed by atoms with Crippen molar-refractivity contribution in [1.29, 1.82) is 0 Å². The van der Waals surface area contributed by atoms with Gasteiger partial charge in [0, 0.05) is 16.5 Å². The molecule has 1 aliphatic heterocycles. The van der Waals surface area contributed by atoms with E-state index in [1.165, 1.54) is 27.1 Å². The van der Waals surface area contributed by atoms with E-state index in [0.717, 1.165) is 55.4 Å². The van der Waals surface area contributed by atoms with E-state index >= 15 is 0 Å². The van der Waals surface area contributed by atoms with Crippen LogP contribution in [0.2, 0.25) is 0 Å². The fraction of sp³-hybridized carbons (Fsp3) is 0.0263. The van der Waals surface area contributed by atoms with Gasteiger partial charge in [0.05, 0.1) is 11.0 Å². The molecule has 0 spiro atoms. The van der Waals surface area contributed by atoms with Crippen LogP contribution in [0.3, 0.4) is 0 Å². The van der Waals surface area contributed by atoms with Gasteiger partial charge in [0.2, 0.25) is 0 Å². The summed E-state index contributed by atoms with van der Waals surface area (Å²) in [5.74, 6) is 0.803. The van der Waals surface area contributed by atoms with Crippen LogP contribution in [0.5, 0.6) is 0 Å². The minimum atomic E-state index is -0.815. The number of aromatic nitrogens is 2. The van der Waals surface area contributed by atoms with E-state index in [0.29, 0.717) is 0 Å². The minimum Gasteiger partial charge on any atom is -0.369 e. The molecule has 8 aromatic rings. The Morgan fingerprint density at radius 1 is 0.537 bits per heavy atom. The van der Waals surface area contributed by atoms with E-state index in [-0.39, 0.29) is 0 Å². The Labute approximate surface area is 236 Å². The van der Waals surface area contributed by atoms with Crippen molar-refractivity contribution in [1.82, 2.24) is 9.55 Å². The van der Waals surface area contributed by atoms with Gasteiger partial charge in [0.25, 0.3) is 0 Å². The quantitative estimate of drug-likeness (QED) is 0.245. The summed E-state index contributed by atoms with van der Waals surface area (Å²) in [6.07, 6.45) is -0.815. The Bertz CT molecular complexity index is 2350. The third kappa shape index (κ3) is 3.27. The molecule has 3 nitrogen and oxygen atoms in total. The SMILES string of the molecule is OC1c2ccc(-c3ccc4ccccc4c3)c3cccc(c23)-c2nc3cc(-c4ccc5ccccc5c4)ccc3n21. The Balaban J connectivity index is 1.23. The van der Waals surface area contributed by atoms with Crippen LogP contribution >= 0.6 is 0 Å². The molecule has 2 heterocycles. The van der Waals surface area contributed by atoms with Crippen molar-refractivity contribution in [3.63, 3.8) is 0 Å². The summed E-state index contributed by atoms with van der Waals surface area (Å²) in [5, 5.41) is 18.8. The molecule has 0 fully saturated rings. The molecule has 0 amide bonds. The number of hydrogen-bond acceptors (Lipinski definition) is 2. The lowest BCUT2D eigenvalue weighted by molar-refractivity contribution is 0.152. The number of hydrogen-bond donors (Lipinski definition) is 1. The lowest BCUT2D eigenvalue weighted by Gasteiger charge is -2.26. The molecule has 1 atom stereocenters. The monoisotopic (exact) mass is 524 g/mol. The predicted molar refractivity (Wildman–Crippen MR) is 169 cm³/mol. The average molecular weight is 525 g/mol. The van der Waals surface area contributed by atoms with Gasteiger partial charge in [-0.1, -0.05) is 109 Å². The summed E-state index contributed by atoms with van der Waals surface area (Å²) in [4.78, 5) is 5.12. The van der Waals surface area contributed by atoms with E-state index in [4.69, 9.17) is 4.98 Å². The number of benzene rings is 7. The van der Waals surface area contributed by atoms with E-state index in [2.05, 4.69) is 133 Å². The molecular weight excluding hydrogens is 500 g/mol. The molecule has 0 radical (unpaired) electrons. The maximum Gasteiger partial charge on any atom is 0.159 e. The molecule has 1 aromatic heterocycles. The Morgan fingerprint density at radius 3 is 1.98 bits per heavy atom. The fourth-order valence-corrected chi connectivity index (χ4v) is 6.67. The molecule has 0 aliphatic carbocycles. The molecule has 7 aromatic carbocycles. The van der Waals surface area contributed by atoms with Gasteiger partial charge in [-0.05, 0) is 73.5 Å². The van der Waals surface area contributed by atoms with Crippen LogP contribution in [0.4, 0.5) is 0 Å². The van der Waals surface area contributed by atoms with Crippen molar-refractivity contribution in [3.8, 4) is 33.6 Å². The van der Waals surface area contributed by atoms with Crippen molar-refractivity contribution in [3.05, 3.63) is 139 Å². The normalized spacial score (nSPS) is 14.2. The fourth-order valence-electron chi connectivity index (χ4n) is 6.67. The number of nitrogens with zero attached hydrogens (tertiary/aromatic N) is 2. The maximum absolute atomic E-state index is 11.7. The Kier molecular flexibility index (Phi) is 4.61. The highest BCUT2D eigenvalue weighted by atomic mass is 16.3. The zero-order valence-corrected chi connectivity index (χ0v) is 22.1. The third-order valence-electron chi connectivity index (χ3n) is 8.67. The smallest absolute Gasteiger partial charge is 0.159 e. The largest absolute Gasteiger partial charge is 0.369 e. The number of fused-ring (bicyclic) bond motifs is 6. The first-order chi connectivity index (χ1) is 20.2. The first-order valence-electron chi connectivity index (χ1n) is 14.0. The molecule has 192 valence electrons. The Morgan fingerprint density at radius 2 is 1.20 bits per heavy atom. The summed E-state index contributed by atoms with van der Waals surface area (Å²) in [7, 11) is 0. The summed E-state index contributed by atoms with van der Waals surface area (Å²) < 4.78 is 1.98. The van der Waals surface area contributed by atoms with Crippen LogP contribution in [-0.4, -0.2) is 14.7 Å². The lowest BCUT2D eigenvalue weighted by atomic mass is 9.89. The molecular formula is C38H24N2O. The highest BCUT2D eigenvalue weighted by Crippen LogP contribution is 2.45. The molecule has 0 bridgehead atoms. The van der Waals surface area contributed by atoms with Gasteiger partial charge >= 0.3 is 0 Å². The van der Waals surface area contributed by atoms with Crippen molar-refractivity contribution in [2.24, 2.45) is 0 Å². The highest BCUT2D eigenvalue weighted by Gasteiger charge is 2.29. The van der Waals surface area contributed by atoms with Gasteiger partial charge in [-0.25, -0.2) is 4.98 Å². The maximum atomic E-state index is 11.7. The number of aliphatic hydroxyl groups is 1. The standard InChI is InChI=1S/C38H24N2O/c41-38-33-18-17-30(29-15-13-24-7-2-4-9-26(24)21-29)31-10-5-11-32(36(31)33)37-39-34-22-28(16-19-35(34)40(37)38)27-14-12-23-6-1-3-8-25(23)20-27/h1-22,38,41H. The van der Waals surface area contributed by atoms with Gasteiger partial charge in [-0.15, -0.1) is 0 Å². The first-order valence-corrected chi connectivity index (χ1v) is 14.0. The summed E-state index contributed by atoms with van der Waals surface area (Å²) in [6.45, 7) is 0. The van der Waals surface area contributed by atoms with Gasteiger partial charge < -0.3 is 5.11 Å². The van der Waals surface area contributed by atoms with Gasteiger partial charge in [-0.2, -0.15) is 0 Å². The summed E-state index contributed by atoms with van der Waals surface area (Å²) in [6, 6.07) is 47.1. The van der Waals surface area contributed by atoms with Crippen molar-refractivity contribution in [2.45, 2.75) is 6.23 Å². The molecule has 9 rings (SSSR count). The zero-order chi connectivity index (χ0) is 27.1. The van der Waals surface area contributed by atoms with E-state index < -0.39 is 6.23 Å². The second kappa shape index (κ2) is 8.37. The summed E-state index contributed by atoms with van der Waals surface area (Å²) in [5.41, 5.74) is 8.36. The molecule has 1 N–H and O–H groups in total. The van der Waals surface area contributed by atoms with Crippen LogP contribution in [0, 0.1) is 0 Å². The molecule has 0 saturated carbocycles. The highest BCUT2D eigenvalue weighted by molar-refractivity contribution is 6.08. The van der Waals surface area contributed by atoms with Crippen LogP contribution in [0.25, 0.3) is 77.0 Å². The topological polar surface area (TPSA) is 38.1 Å². The molecule has 3 heteroatoms. The van der Waals surface area contributed by atoms with Crippen LogP contribution in [0.15, 0.2) is 133 Å². The number of aliphatic hydroxyl groups excluding tert-OH is 1. The molecule has 1 unspecified atom stereocenters. The van der Waals surface area contributed by atoms with Crippen LogP contribution in [-0.2, 0) is 0 Å². The Hall–Kier alpha value is -5.25. The molecule has 41 heavy (non-hydrogen) atoms. The zero-order valence-electron chi connectivity index (χ0n) is 22.1. The second-order valence-electron chi connectivity index (χ2n) is 10.9. The lowest BCUT2D eigenvalue weighted by Crippen LogP contribution is -2.16. The minimum absolute atomic E-state index is 0.803. The van der Waals surface area contributed by atoms with E-state index in [1.807, 2.05) is 4.57 Å². The number of rotatable bonds is 2. The van der Waals surface area contributed by atoms with Gasteiger partial charge in [-0.3, -0.25) is 4.57 Å².